The Hall–Kier alpha value is -0.580. The first kappa shape index (κ1) is 13.8. The van der Waals surface area contributed by atoms with E-state index in [1.54, 1.807) is 0 Å². The predicted octanol–water partition coefficient (Wildman–Crippen LogP) is 3.27. The predicted molar refractivity (Wildman–Crippen MR) is 75.8 cm³/mol. The lowest BCUT2D eigenvalue weighted by atomic mass is 9.87. The summed E-state index contributed by atoms with van der Waals surface area (Å²) < 4.78 is 12.1. The molecule has 100 valence electrons. The average Bonchev–Trinajstić information content (AvgIpc) is 2.41. The highest BCUT2D eigenvalue weighted by Crippen LogP contribution is 2.35. The first-order chi connectivity index (χ1) is 8.72. The quantitative estimate of drug-likeness (QED) is 0.927. The number of hydrogen-bond donors (Lipinski definition) is 1. The molecule has 0 spiro atoms. The van der Waals surface area contributed by atoms with Gasteiger partial charge in [0.15, 0.2) is 0 Å². The van der Waals surface area contributed by atoms with Gasteiger partial charge < -0.3 is 15.2 Å². The first-order valence-electron chi connectivity index (χ1n) is 6.48. The summed E-state index contributed by atoms with van der Waals surface area (Å²) in [5, 5.41) is 0. The summed E-state index contributed by atoms with van der Waals surface area (Å²) in [7, 11) is 0. The lowest BCUT2D eigenvalue weighted by molar-refractivity contribution is 0.0580. The van der Waals surface area contributed by atoms with Crippen molar-refractivity contribution in [1.82, 2.24) is 0 Å². The highest BCUT2D eigenvalue weighted by Gasteiger charge is 2.24. The summed E-state index contributed by atoms with van der Waals surface area (Å²) in [5.74, 6) is 1.38. The lowest BCUT2D eigenvalue weighted by Crippen LogP contribution is -2.27. The van der Waals surface area contributed by atoms with Crippen molar-refractivity contribution in [2.75, 3.05) is 19.8 Å². The zero-order chi connectivity index (χ0) is 13.0. The molecule has 0 saturated carbocycles. The van der Waals surface area contributed by atoms with Crippen LogP contribution in [0.3, 0.4) is 0 Å². The minimum Gasteiger partial charge on any atom is -0.494 e. The molecule has 0 bridgehead atoms. The van der Waals surface area contributed by atoms with Crippen molar-refractivity contribution in [2.24, 2.45) is 11.7 Å². The van der Waals surface area contributed by atoms with E-state index in [1.165, 1.54) is 0 Å². The van der Waals surface area contributed by atoms with Crippen LogP contribution in [0, 0.1) is 5.92 Å². The van der Waals surface area contributed by atoms with Crippen LogP contribution in [0.25, 0.3) is 0 Å². The smallest absolute Gasteiger partial charge is 0.124 e. The van der Waals surface area contributed by atoms with Crippen LogP contribution in [0.1, 0.15) is 31.4 Å². The molecule has 18 heavy (non-hydrogen) atoms. The number of benzene rings is 1. The van der Waals surface area contributed by atoms with Crippen molar-refractivity contribution in [2.45, 2.75) is 25.8 Å². The lowest BCUT2D eigenvalue weighted by Gasteiger charge is -2.29. The van der Waals surface area contributed by atoms with E-state index in [-0.39, 0.29) is 6.04 Å². The molecular formula is C14H20BrNO2. The molecule has 0 aromatic heterocycles. The average molecular weight is 314 g/mol. The van der Waals surface area contributed by atoms with Crippen molar-refractivity contribution in [3.05, 3.63) is 28.2 Å². The second-order valence-corrected chi connectivity index (χ2v) is 5.51. The minimum absolute atomic E-state index is 0.0212. The van der Waals surface area contributed by atoms with Crippen LogP contribution in [0.5, 0.6) is 5.75 Å². The SMILES string of the molecule is CCOc1ccc(Br)cc1C(N)C1CCOCC1. The van der Waals surface area contributed by atoms with Crippen LogP contribution in [-0.4, -0.2) is 19.8 Å². The largest absolute Gasteiger partial charge is 0.494 e. The Kier molecular flexibility index (Phi) is 5.03. The van der Waals surface area contributed by atoms with Crippen molar-refractivity contribution < 1.29 is 9.47 Å². The fourth-order valence-electron chi connectivity index (χ4n) is 2.40. The topological polar surface area (TPSA) is 44.5 Å². The maximum absolute atomic E-state index is 6.41. The van der Waals surface area contributed by atoms with Gasteiger partial charge in [-0.1, -0.05) is 15.9 Å². The van der Waals surface area contributed by atoms with Crippen LogP contribution >= 0.6 is 15.9 Å². The van der Waals surface area contributed by atoms with Gasteiger partial charge in [0.2, 0.25) is 0 Å². The van der Waals surface area contributed by atoms with E-state index in [0.29, 0.717) is 12.5 Å². The van der Waals surface area contributed by atoms with Gasteiger partial charge in [-0.25, -0.2) is 0 Å². The Morgan fingerprint density at radius 3 is 2.83 bits per heavy atom. The Balaban J connectivity index is 2.21. The van der Waals surface area contributed by atoms with E-state index in [0.717, 1.165) is 41.8 Å². The van der Waals surface area contributed by atoms with E-state index >= 15 is 0 Å². The fourth-order valence-corrected chi connectivity index (χ4v) is 2.77. The van der Waals surface area contributed by atoms with Gasteiger partial charge in [-0.3, -0.25) is 0 Å². The maximum atomic E-state index is 6.41. The zero-order valence-corrected chi connectivity index (χ0v) is 12.3. The Morgan fingerprint density at radius 2 is 2.17 bits per heavy atom. The molecule has 1 aliphatic rings. The second-order valence-electron chi connectivity index (χ2n) is 4.59. The molecule has 2 rings (SSSR count). The molecule has 0 aliphatic carbocycles. The summed E-state index contributed by atoms with van der Waals surface area (Å²) in [6.07, 6.45) is 2.05. The molecule has 1 fully saturated rings. The summed E-state index contributed by atoms with van der Waals surface area (Å²) in [4.78, 5) is 0. The molecule has 3 nitrogen and oxygen atoms in total. The van der Waals surface area contributed by atoms with E-state index in [1.807, 2.05) is 19.1 Å². The molecule has 1 saturated heterocycles. The molecule has 1 unspecified atom stereocenters. The highest BCUT2D eigenvalue weighted by molar-refractivity contribution is 9.10. The zero-order valence-electron chi connectivity index (χ0n) is 10.7. The summed E-state index contributed by atoms with van der Waals surface area (Å²) >= 11 is 3.50. The molecule has 4 heteroatoms. The number of halogens is 1. The molecule has 0 radical (unpaired) electrons. The van der Waals surface area contributed by atoms with E-state index in [9.17, 15) is 0 Å². The van der Waals surface area contributed by atoms with Crippen LogP contribution < -0.4 is 10.5 Å². The molecule has 1 aromatic carbocycles. The Labute approximate surface area is 117 Å². The summed E-state index contributed by atoms with van der Waals surface area (Å²) in [6.45, 7) is 4.29. The summed E-state index contributed by atoms with van der Waals surface area (Å²) in [5.41, 5.74) is 7.51. The van der Waals surface area contributed by atoms with Gasteiger partial charge in [-0.15, -0.1) is 0 Å². The normalized spacial score (nSPS) is 18.6. The molecule has 1 aliphatic heterocycles. The van der Waals surface area contributed by atoms with Crippen molar-refractivity contribution in [3.63, 3.8) is 0 Å². The Morgan fingerprint density at radius 1 is 1.44 bits per heavy atom. The highest BCUT2D eigenvalue weighted by atomic mass is 79.9. The van der Waals surface area contributed by atoms with Crippen LogP contribution in [-0.2, 0) is 4.74 Å². The van der Waals surface area contributed by atoms with Crippen LogP contribution in [0.15, 0.2) is 22.7 Å². The van der Waals surface area contributed by atoms with Gasteiger partial charge in [-0.05, 0) is 43.9 Å². The Bertz CT molecular complexity index is 391. The molecule has 1 heterocycles. The van der Waals surface area contributed by atoms with Crippen LogP contribution in [0.2, 0.25) is 0 Å². The van der Waals surface area contributed by atoms with E-state index in [2.05, 4.69) is 22.0 Å². The monoisotopic (exact) mass is 313 g/mol. The third-order valence-corrected chi connectivity index (χ3v) is 3.90. The van der Waals surface area contributed by atoms with Gasteiger partial charge in [0.25, 0.3) is 0 Å². The minimum atomic E-state index is 0.0212. The van der Waals surface area contributed by atoms with Crippen molar-refractivity contribution in [1.29, 1.82) is 0 Å². The standard InChI is InChI=1S/C14H20BrNO2/c1-2-18-13-4-3-11(15)9-12(13)14(16)10-5-7-17-8-6-10/h3-4,9-10,14H,2,5-8,16H2,1H3. The summed E-state index contributed by atoms with van der Waals surface area (Å²) in [6, 6.07) is 6.08. The number of rotatable bonds is 4. The van der Waals surface area contributed by atoms with Gasteiger partial charge in [0, 0.05) is 29.3 Å². The second kappa shape index (κ2) is 6.55. The third-order valence-electron chi connectivity index (χ3n) is 3.40. The molecule has 0 amide bonds. The van der Waals surface area contributed by atoms with Crippen molar-refractivity contribution >= 4 is 15.9 Å². The molecular weight excluding hydrogens is 294 g/mol. The molecule has 1 atom stereocenters. The maximum Gasteiger partial charge on any atom is 0.124 e. The van der Waals surface area contributed by atoms with Gasteiger partial charge >= 0.3 is 0 Å². The van der Waals surface area contributed by atoms with Gasteiger partial charge in [0.05, 0.1) is 6.61 Å². The molecule has 2 N–H and O–H groups in total. The van der Waals surface area contributed by atoms with Crippen molar-refractivity contribution in [3.8, 4) is 5.75 Å². The fraction of sp³-hybridized carbons (Fsp3) is 0.571. The number of hydrogen-bond acceptors (Lipinski definition) is 3. The van der Waals surface area contributed by atoms with Gasteiger partial charge in [-0.2, -0.15) is 0 Å². The number of nitrogens with two attached hydrogens (primary N) is 1. The first-order valence-corrected chi connectivity index (χ1v) is 7.27. The van der Waals surface area contributed by atoms with E-state index in [4.69, 9.17) is 15.2 Å². The van der Waals surface area contributed by atoms with E-state index < -0.39 is 0 Å². The van der Waals surface area contributed by atoms with Crippen LogP contribution in [0.4, 0.5) is 0 Å². The molecule has 1 aromatic rings. The van der Waals surface area contributed by atoms with Gasteiger partial charge in [0.1, 0.15) is 5.75 Å². The third kappa shape index (κ3) is 3.25. The number of ether oxygens (including phenoxy) is 2.